The topological polar surface area (TPSA) is 97.1 Å². The van der Waals surface area contributed by atoms with Crippen molar-refractivity contribution in [1.29, 1.82) is 0 Å². The number of nitrogens with one attached hydrogen (secondary N) is 2. The first-order valence-corrected chi connectivity index (χ1v) is 10.1. The molecular weight excluding hydrogens is 372 g/mol. The van der Waals surface area contributed by atoms with Crippen molar-refractivity contribution >= 4 is 39.1 Å². The zero-order valence-electron chi connectivity index (χ0n) is 15.9. The number of thiazole rings is 1. The molecule has 1 atom stereocenters. The predicted molar refractivity (Wildman–Crippen MR) is 114 cm³/mol. The first-order chi connectivity index (χ1) is 13.5. The Hall–Kier alpha value is -2.77. The van der Waals surface area contributed by atoms with Gasteiger partial charge in [0.05, 0.1) is 21.9 Å². The number of carbonyl (C=O) groups is 2. The van der Waals surface area contributed by atoms with E-state index in [2.05, 4.69) is 15.6 Å². The fraction of sp³-hybridized carbons (Fsp3) is 0.286. The lowest BCUT2D eigenvalue weighted by Crippen LogP contribution is -2.44. The molecule has 0 aliphatic carbocycles. The minimum atomic E-state index is -0.567. The van der Waals surface area contributed by atoms with Crippen LogP contribution in [0.15, 0.2) is 48.5 Å². The minimum absolute atomic E-state index is 0.0505. The van der Waals surface area contributed by atoms with Crippen molar-refractivity contribution in [1.82, 2.24) is 10.3 Å². The third-order valence-corrected chi connectivity index (χ3v) is 5.47. The van der Waals surface area contributed by atoms with E-state index in [0.717, 1.165) is 20.8 Å². The fourth-order valence-electron chi connectivity index (χ4n) is 2.70. The van der Waals surface area contributed by atoms with Crippen LogP contribution < -0.4 is 16.4 Å². The van der Waals surface area contributed by atoms with E-state index in [-0.39, 0.29) is 30.7 Å². The summed E-state index contributed by atoms with van der Waals surface area (Å²) in [4.78, 5) is 28.9. The van der Waals surface area contributed by atoms with Gasteiger partial charge in [0.25, 0.3) is 0 Å². The second kappa shape index (κ2) is 8.95. The van der Waals surface area contributed by atoms with Crippen LogP contribution in [0.5, 0.6) is 0 Å². The molecule has 2 aromatic carbocycles. The van der Waals surface area contributed by atoms with Crippen LogP contribution in [0.25, 0.3) is 20.8 Å². The molecule has 0 radical (unpaired) electrons. The van der Waals surface area contributed by atoms with Crippen molar-refractivity contribution in [3.05, 3.63) is 48.5 Å². The molecule has 0 fully saturated rings. The van der Waals surface area contributed by atoms with Gasteiger partial charge in [-0.25, -0.2) is 4.98 Å². The highest BCUT2D eigenvalue weighted by molar-refractivity contribution is 7.21. The summed E-state index contributed by atoms with van der Waals surface area (Å²) in [5.74, 6) is -0.362. The number of para-hydroxylation sites is 2. The van der Waals surface area contributed by atoms with Gasteiger partial charge < -0.3 is 16.4 Å². The quantitative estimate of drug-likeness (QED) is 0.570. The summed E-state index contributed by atoms with van der Waals surface area (Å²) >= 11 is 1.59. The van der Waals surface area contributed by atoms with Crippen LogP contribution in [0, 0.1) is 5.92 Å². The standard InChI is InChI=1S/C21H24N4O2S/c1-13(2)19(22)20(27)23-12-11-18(26)24-15-8-4-3-7-14(15)21-25-16-9-5-6-10-17(16)28-21/h3-10,13,19H,11-12,22H2,1-2H3,(H,23,27)(H,24,26). The van der Waals surface area contributed by atoms with E-state index in [1.165, 1.54) is 0 Å². The molecule has 3 rings (SSSR count). The Morgan fingerprint density at radius 2 is 1.82 bits per heavy atom. The number of nitrogens with two attached hydrogens (primary N) is 1. The second-order valence-electron chi connectivity index (χ2n) is 6.89. The number of amides is 2. The van der Waals surface area contributed by atoms with E-state index in [4.69, 9.17) is 5.73 Å². The summed E-state index contributed by atoms with van der Waals surface area (Å²) in [7, 11) is 0. The lowest BCUT2D eigenvalue weighted by Gasteiger charge is -2.15. The summed E-state index contributed by atoms with van der Waals surface area (Å²) in [6, 6.07) is 15.0. The van der Waals surface area contributed by atoms with Gasteiger partial charge in [-0.2, -0.15) is 0 Å². The Balaban J connectivity index is 1.65. The van der Waals surface area contributed by atoms with E-state index < -0.39 is 6.04 Å². The number of hydrogen-bond donors (Lipinski definition) is 3. The second-order valence-corrected chi connectivity index (χ2v) is 7.92. The Morgan fingerprint density at radius 3 is 2.57 bits per heavy atom. The largest absolute Gasteiger partial charge is 0.354 e. The normalized spacial score (nSPS) is 12.1. The molecule has 2 amide bonds. The van der Waals surface area contributed by atoms with Crippen molar-refractivity contribution in [2.75, 3.05) is 11.9 Å². The molecule has 0 aliphatic rings. The third-order valence-electron chi connectivity index (χ3n) is 4.40. The van der Waals surface area contributed by atoms with Gasteiger partial charge in [0.15, 0.2) is 0 Å². The van der Waals surface area contributed by atoms with Crippen molar-refractivity contribution in [2.24, 2.45) is 11.7 Å². The molecule has 1 aromatic heterocycles. The van der Waals surface area contributed by atoms with Gasteiger partial charge >= 0.3 is 0 Å². The highest BCUT2D eigenvalue weighted by Crippen LogP contribution is 2.34. The Bertz CT molecular complexity index is 950. The van der Waals surface area contributed by atoms with E-state index >= 15 is 0 Å². The molecule has 3 aromatic rings. The van der Waals surface area contributed by atoms with Crippen LogP contribution in [0.1, 0.15) is 20.3 Å². The molecule has 0 aliphatic heterocycles. The van der Waals surface area contributed by atoms with E-state index in [1.54, 1.807) is 11.3 Å². The lowest BCUT2D eigenvalue weighted by atomic mass is 10.1. The molecule has 28 heavy (non-hydrogen) atoms. The Kier molecular flexibility index (Phi) is 6.38. The van der Waals surface area contributed by atoms with Crippen molar-refractivity contribution < 1.29 is 9.59 Å². The van der Waals surface area contributed by atoms with Gasteiger partial charge in [-0.3, -0.25) is 9.59 Å². The van der Waals surface area contributed by atoms with E-state index in [9.17, 15) is 9.59 Å². The first-order valence-electron chi connectivity index (χ1n) is 9.24. The fourth-order valence-corrected chi connectivity index (χ4v) is 3.70. The lowest BCUT2D eigenvalue weighted by molar-refractivity contribution is -0.123. The molecule has 1 heterocycles. The smallest absolute Gasteiger partial charge is 0.237 e. The SMILES string of the molecule is CC(C)C(N)C(=O)NCCC(=O)Nc1ccccc1-c1nc2ccccc2s1. The minimum Gasteiger partial charge on any atom is -0.354 e. The summed E-state index contributed by atoms with van der Waals surface area (Å²) in [5, 5.41) is 6.49. The average molecular weight is 397 g/mol. The zero-order valence-corrected chi connectivity index (χ0v) is 16.8. The number of aromatic nitrogens is 1. The van der Waals surface area contributed by atoms with Crippen LogP contribution in [0.4, 0.5) is 5.69 Å². The van der Waals surface area contributed by atoms with Gasteiger partial charge in [0, 0.05) is 18.5 Å². The number of hydrogen-bond acceptors (Lipinski definition) is 5. The van der Waals surface area contributed by atoms with Crippen LogP contribution in [0.2, 0.25) is 0 Å². The summed E-state index contributed by atoms with van der Waals surface area (Å²) < 4.78 is 1.10. The first kappa shape index (κ1) is 20.0. The molecule has 1 unspecified atom stereocenters. The maximum Gasteiger partial charge on any atom is 0.237 e. The van der Waals surface area contributed by atoms with Gasteiger partial charge in [-0.1, -0.05) is 38.1 Å². The summed E-state index contributed by atoms with van der Waals surface area (Å²) in [6.07, 6.45) is 0.171. The number of fused-ring (bicyclic) bond motifs is 1. The van der Waals surface area contributed by atoms with E-state index in [0.29, 0.717) is 5.69 Å². The number of carbonyl (C=O) groups excluding carboxylic acids is 2. The summed E-state index contributed by atoms with van der Waals surface area (Å²) in [5.41, 5.74) is 8.32. The maximum absolute atomic E-state index is 12.3. The van der Waals surface area contributed by atoms with Gasteiger partial charge in [0.1, 0.15) is 5.01 Å². The highest BCUT2D eigenvalue weighted by atomic mass is 32.1. The van der Waals surface area contributed by atoms with Crippen molar-refractivity contribution in [3.8, 4) is 10.6 Å². The number of anilines is 1. The van der Waals surface area contributed by atoms with Gasteiger partial charge in [-0.15, -0.1) is 11.3 Å². The predicted octanol–water partition coefficient (Wildman–Crippen LogP) is 3.39. The van der Waals surface area contributed by atoms with E-state index in [1.807, 2.05) is 62.4 Å². The van der Waals surface area contributed by atoms with Gasteiger partial charge in [0.2, 0.25) is 11.8 Å². The van der Waals surface area contributed by atoms with Crippen molar-refractivity contribution in [3.63, 3.8) is 0 Å². The molecule has 0 saturated heterocycles. The monoisotopic (exact) mass is 396 g/mol. The number of benzene rings is 2. The molecule has 4 N–H and O–H groups in total. The van der Waals surface area contributed by atoms with Crippen LogP contribution >= 0.6 is 11.3 Å². The Labute approximate surface area is 168 Å². The van der Waals surface area contributed by atoms with Crippen LogP contribution in [0.3, 0.4) is 0 Å². The number of nitrogens with zero attached hydrogens (tertiary/aromatic N) is 1. The summed E-state index contributed by atoms with van der Waals surface area (Å²) in [6.45, 7) is 4.01. The molecule has 0 saturated carbocycles. The molecule has 146 valence electrons. The van der Waals surface area contributed by atoms with Crippen LogP contribution in [-0.2, 0) is 9.59 Å². The molecule has 7 heteroatoms. The Morgan fingerprint density at radius 1 is 1.11 bits per heavy atom. The average Bonchev–Trinajstić information content (AvgIpc) is 3.11. The maximum atomic E-state index is 12.3. The highest BCUT2D eigenvalue weighted by Gasteiger charge is 2.17. The third kappa shape index (κ3) is 4.74. The molecule has 6 nitrogen and oxygen atoms in total. The van der Waals surface area contributed by atoms with Crippen molar-refractivity contribution in [2.45, 2.75) is 26.3 Å². The molecule has 0 bridgehead atoms. The zero-order chi connectivity index (χ0) is 20.1. The number of rotatable bonds is 7. The van der Waals surface area contributed by atoms with Crippen LogP contribution in [-0.4, -0.2) is 29.4 Å². The van der Waals surface area contributed by atoms with Gasteiger partial charge in [-0.05, 0) is 30.2 Å². The molecular formula is C21H24N4O2S. The molecule has 0 spiro atoms.